The van der Waals surface area contributed by atoms with Gasteiger partial charge in [-0.3, -0.25) is 4.79 Å². The third-order valence-electron chi connectivity index (χ3n) is 3.34. The van der Waals surface area contributed by atoms with Crippen LogP contribution in [0.4, 0.5) is 5.69 Å². The zero-order valence-electron chi connectivity index (χ0n) is 13.4. The standard InChI is InChI=1S/C18H19BrN2OS.BrH/c1-2-17(22)11-13-5-3-4-6-14(13)12-23-18(20)21-16-9-7-15(19)8-10-16;/h3-10H,2,11-12H2,1H3,(H2,20,21);1H. The average molecular weight is 472 g/mol. The molecule has 0 aromatic heterocycles. The van der Waals surface area contributed by atoms with Crippen LogP contribution in [0.5, 0.6) is 0 Å². The molecule has 2 N–H and O–H groups in total. The molecule has 2 aromatic carbocycles. The molecule has 0 aliphatic rings. The monoisotopic (exact) mass is 470 g/mol. The highest BCUT2D eigenvalue weighted by molar-refractivity contribution is 9.10. The quantitative estimate of drug-likeness (QED) is 0.451. The molecular weight excluding hydrogens is 452 g/mol. The first-order chi connectivity index (χ1) is 11.1. The van der Waals surface area contributed by atoms with Gasteiger partial charge in [0.1, 0.15) is 5.78 Å². The summed E-state index contributed by atoms with van der Waals surface area (Å²) >= 11 is 4.88. The molecule has 0 radical (unpaired) electrons. The number of thioether (sulfide) groups is 1. The number of nitrogens with zero attached hydrogens (tertiary/aromatic N) is 1. The Bertz CT molecular complexity index is 702. The molecule has 0 heterocycles. The molecule has 0 atom stereocenters. The summed E-state index contributed by atoms with van der Waals surface area (Å²) in [5.41, 5.74) is 9.04. The summed E-state index contributed by atoms with van der Waals surface area (Å²) in [4.78, 5) is 16.1. The minimum absolute atomic E-state index is 0. The summed E-state index contributed by atoms with van der Waals surface area (Å²) < 4.78 is 1.01. The molecule has 2 rings (SSSR count). The highest BCUT2D eigenvalue weighted by Crippen LogP contribution is 2.21. The number of aliphatic imine (C=N–C) groups is 1. The van der Waals surface area contributed by atoms with Gasteiger partial charge in [-0.25, -0.2) is 4.99 Å². The van der Waals surface area contributed by atoms with Crippen molar-refractivity contribution in [3.8, 4) is 0 Å². The Labute approximate surface area is 166 Å². The van der Waals surface area contributed by atoms with Gasteiger partial charge in [-0.05, 0) is 35.4 Å². The summed E-state index contributed by atoms with van der Waals surface area (Å²) in [5, 5.41) is 0.518. The van der Waals surface area contributed by atoms with E-state index < -0.39 is 0 Å². The van der Waals surface area contributed by atoms with Crippen molar-refractivity contribution < 1.29 is 4.79 Å². The molecule has 128 valence electrons. The fraction of sp³-hybridized carbons (Fsp3) is 0.222. The van der Waals surface area contributed by atoms with Crippen molar-refractivity contribution in [1.29, 1.82) is 0 Å². The van der Waals surface area contributed by atoms with Crippen molar-refractivity contribution in [1.82, 2.24) is 0 Å². The number of ketones is 1. The Balaban J connectivity index is 0.00000288. The lowest BCUT2D eigenvalue weighted by molar-refractivity contribution is -0.118. The minimum Gasteiger partial charge on any atom is -0.378 e. The van der Waals surface area contributed by atoms with Gasteiger partial charge in [0.25, 0.3) is 0 Å². The normalized spacial score (nSPS) is 11.0. The van der Waals surface area contributed by atoms with Crippen molar-refractivity contribution in [2.24, 2.45) is 10.7 Å². The summed E-state index contributed by atoms with van der Waals surface area (Å²) in [6.07, 6.45) is 1.05. The number of carbonyl (C=O) groups is 1. The molecule has 0 fully saturated rings. The van der Waals surface area contributed by atoms with E-state index in [9.17, 15) is 4.79 Å². The lowest BCUT2D eigenvalue weighted by Gasteiger charge is -2.08. The number of rotatable bonds is 6. The molecule has 0 saturated heterocycles. The number of halogens is 2. The Kier molecular flexibility index (Phi) is 9.33. The largest absolute Gasteiger partial charge is 0.378 e. The molecular formula is C18H20Br2N2OS. The van der Waals surface area contributed by atoms with Gasteiger partial charge in [0.15, 0.2) is 5.17 Å². The second-order valence-electron chi connectivity index (χ2n) is 5.05. The smallest absolute Gasteiger partial charge is 0.159 e. The van der Waals surface area contributed by atoms with Crippen LogP contribution in [-0.2, 0) is 17.0 Å². The van der Waals surface area contributed by atoms with Crippen LogP contribution in [0.1, 0.15) is 24.5 Å². The summed E-state index contributed by atoms with van der Waals surface area (Å²) in [6, 6.07) is 15.7. The highest BCUT2D eigenvalue weighted by Gasteiger charge is 2.07. The molecule has 0 spiro atoms. The maximum atomic E-state index is 11.7. The lowest BCUT2D eigenvalue weighted by atomic mass is 10.0. The number of amidine groups is 1. The second kappa shape index (κ2) is 10.7. The zero-order chi connectivity index (χ0) is 16.7. The van der Waals surface area contributed by atoms with Gasteiger partial charge >= 0.3 is 0 Å². The first-order valence-corrected chi connectivity index (χ1v) is 9.17. The first kappa shape index (κ1) is 20.9. The fourth-order valence-corrected chi connectivity index (χ4v) is 3.05. The van der Waals surface area contributed by atoms with Crippen molar-refractivity contribution in [2.45, 2.75) is 25.5 Å². The minimum atomic E-state index is 0. The third-order valence-corrected chi connectivity index (χ3v) is 4.71. The van der Waals surface area contributed by atoms with Gasteiger partial charge in [0.2, 0.25) is 0 Å². The van der Waals surface area contributed by atoms with Gasteiger partial charge in [0.05, 0.1) is 5.69 Å². The predicted octanol–water partition coefficient (Wildman–Crippen LogP) is 5.43. The SMILES string of the molecule is Br.CCC(=O)Cc1ccccc1CSC(N)=Nc1ccc(Br)cc1. The average Bonchev–Trinajstić information content (AvgIpc) is 2.56. The molecule has 0 amide bonds. The lowest BCUT2D eigenvalue weighted by Crippen LogP contribution is -2.08. The molecule has 0 unspecified atom stereocenters. The van der Waals surface area contributed by atoms with Crippen LogP contribution >= 0.6 is 44.7 Å². The number of Topliss-reactive ketones (excluding diaryl/α,β-unsaturated/α-hetero) is 1. The number of hydrogen-bond donors (Lipinski definition) is 1. The summed E-state index contributed by atoms with van der Waals surface area (Å²) in [5.74, 6) is 0.956. The van der Waals surface area contributed by atoms with Crippen molar-refractivity contribution >= 4 is 61.3 Å². The summed E-state index contributed by atoms with van der Waals surface area (Å²) in [6.45, 7) is 1.89. The van der Waals surface area contributed by atoms with Crippen LogP contribution in [-0.4, -0.2) is 11.0 Å². The van der Waals surface area contributed by atoms with Gasteiger partial charge in [-0.1, -0.05) is 58.9 Å². The molecule has 0 aliphatic carbocycles. The van der Waals surface area contributed by atoms with Gasteiger partial charge < -0.3 is 5.73 Å². The van der Waals surface area contributed by atoms with E-state index in [-0.39, 0.29) is 22.8 Å². The Morgan fingerprint density at radius 1 is 1.12 bits per heavy atom. The Morgan fingerprint density at radius 2 is 1.75 bits per heavy atom. The van der Waals surface area contributed by atoms with Crippen LogP contribution in [0.3, 0.4) is 0 Å². The predicted molar refractivity (Wildman–Crippen MR) is 112 cm³/mol. The maximum Gasteiger partial charge on any atom is 0.159 e. The Hall–Kier alpha value is -1.11. The fourth-order valence-electron chi connectivity index (χ4n) is 2.04. The van der Waals surface area contributed by atoms with E-state index in [4.69, 9.17) is 5.73 Å². The maximum absolute atomic E-state index is 11.7. The molecule has 6 heteroatoms. The summed E-state index contributed by atoms with van der Waals surface area (Å²) in [7, 11) is 0. The van der Waals surface area contributed by atoms with Crippen LogP contribution in [0.2, 0.25) is 0 Å². The van der Waals surface area contributed by atoms with E-state index in [0.29, 0.717) is 23.8 Å². The van der Waals surface area contributed by atoms with Gasteiger partial charge in [-0.2, -0.15) is 0 Å². The number of carbonyl (C=O) groups excluding carboxylic acids is 1. The number of benzene rings is 2. The van der Waals surface area contributed by atoms with Crippen LogP contribution in [0, 0.1) is 0 Å². The van der Waals surface area contributed by atoms with E-state index >= 15 is 0 Å². The van der Waals surface area contributed by atoms with E-state index in [1.54, 1.807) is 0 Å². The third kappa shape index (κ3) is 6.79. The van der Waals surface area contributed by atoms with Gasteiger partial charge in [-0.15, -0.1) is 17.0 Å². The van der Waals surface area contributed by atoms with E-state index in [1.807, 2.05) is 55.5 Å². The van der Waals surface area contributed by atoms with E-state index in [2.05, 4.69) is 20.9 Å². The molecule has 3 nitrogen and oxygen atoms in total. The Morgan fingerprint density at radius 3 is 2.38 bits per heavy atom. The topological polar surface area (TPSA) is 55.5 Å². The van der Waals surface area contributed by atoms with Gasteiger partial charge in [0, 0.05) is 23.1 Å². The van der Waals surface area contributed by atoms with Crippen LogP contribution in [0.15, 0.2) is 58.0 Å². The molecule has 2 aromatic rings. The van der Waals surface area contributed by atoms with Crippen LogP contribution < -0.4 is 5.73 Å². The van der Waals surface area contributed by atoms with E-state index in [0.717, 1.165) is 21.3 Å². The number of hydrogen-bond acceptors (Lipinski definition) is 3. The van der Waals surface area contributed by atoms with Crippen LogP contribution in [0.25, 0.3) is 0 Å². The highest BCUT2D eigenvalue weighted by atomic mass is 79.9. The molecule has 24 heavy (non-hydrogen) atoms. The van der Waals surface area contributed by atoms with E-state index in [1.165, 1.54) is 11.8 Å². The number of nitrogens with two attached hydrogens (primary N) is 1. The second-order valence-corrected chi connectivity index (χ2v) is 6.96. The molecule has 0 aliphatic heterocycles. The molecule has 0 bridgehead atoms. The first-order valence-electron chi connectivity index (χ1n) is 7.39. The van der Waals surface area contributed by atoms with Crippen molar-refractivity contribution in [2.75, 3.05) is 0 Å². The van der Waals surface area contributed by atoms with Crippen molar-refractivity contribution in [3.05, 3.63) is 64.1 Å². The zero-order valence-corrected chi connectivity index (χ0v) is 17.5. The molecule has 0 saturated carbocycles. The van der Waals surface area contributed by atoms with Crippen molar-refractivity contribution in [3.63, 3.8) is 0 Å².